The first kappa shape index (κ1) is 11.4. The number of quaternary nitrogens is 1. The molecule has 0 bridgehead atoms. The van der Waals surface area contributed by atoms with Crippen molar-refractivity contribution in [3.63, 3.8) is 0 Å². The van der Waals surface area contributed by atoms with Gasteiger partial charge in [0.15, 0.2) is 0 Å². The fraction of sp³-hybridized carbons (Fsp3) is 0.286. The highest BCUT2D eigenvalue weighted by molar-refractivity contribution is 7.10. The Morgan fingerprint density at radius 1 is 1.12 bits per heavy atom. The largest absolute Gasteiger partial charge is 0.342 e. The van der Waals surface area contributed by atoms with Crippen LogP contribution in [0.4, 0.5) is 0 Å². The molecular formula is C14H18NS+. The van der Waals surface area contributed by atoms with E-state index in [1.807, 2.05) is 11.3 Å². The topological polar surface area (TPSA) is 16.6 Å². The molecule has 1 aromatic heterocycles. The third kappa shape index (κ3) is 3.19. The zero-order valence-electron chi connectivity index (χ0n) is 9.65. The Hall–Kier alpha value is -1.12. The van der Waals surface area contributed by atoms with Gasteiger partial charge in [-0.15, -0.1) is 11.3 Å². The van der Waals surface area contributed by atoms with Gasteiger partial charge in [0.05, 0.1) is 11.4 Å². The van der Waals surface area contributed by atoms with Crippen molar-refractivity contribution in [2.45, 2.75) is 19.9 Å². The van der Waals surface area contributed by atoms with Crippen LogP contribution in [-0.4, -0.2) is 6.54 Å². The van der Waals surface area contributed by atoms with E-state index in [2.05, 4.69) is 54.0 Å². The summed E-state index contributed by atoms with van der Waals surface area (Å²) in [5, 5.41) is 4.57. The lowest BCUT2D eigenvalue weighted by molar-refractivity contribution is -0.669. The quantitative estimate of drug-likeness (QED) is 0.762. The molecule has 0 atom stereocenters. The lowest BCUT2D eigenvalue weighted by Crippen LogP contribution is -2.83. The molecule has 2 rings (SSSR count). The molecule has 1 aromatic carbocycles. The molecule has 0 amide bonds. The van der Waals surface area contributed by atoms with Crippen LogP contribution in [0.2, 0.25) is 0 Å². The Kier molecular flexibility index (Phi) is 4.14. The van der Waals surface area contributed by atoms with Crippen molar-refractivity contribution in [3.05, 3.63) is 57.8 Å². The summed E-state index contributed by atoms with van der Waals surface area (Å²) in [5.74, 6) is 0. The summed E-state index contributed by atoms with van der Waals surface area (Å²) in [7, 11) is 0. The highest BCUT2D eigenvalue weighted by Gasteiger charge is 2.01. The first-order chi connectivity index (χ1) is 7.86. The third-order valence-electron chi connectivity index (χ3n) is 2.78. The van der Waals surface area contributed by atoms with Gasteiger partial charge in [0.25, 0.3) is 0 Å². The summed E-state index contributed by atoms with van der Waals surface area (Å²) in [6.45, 7) is 4.48. The average molecular weight is 232 g/mol. The van der Waals surface area contributed by atoms with Crippen LogP contribution in [0.25, 0.3) is 0 Å². The molecule has 0 aliphatic carbocycles. The van der Waals surface area contributed by atoms with Gasteiger partial charge in [-0.2, -0.15) is 0 Å². The van der Waals surface area contributed by atoms with Gasteiger partial charge in [0.1, 0.15) is 6.54 Å². The molecule has 0 aliphatic rings. The maximum Gasteiger partial charge on any atom is 0.111 e. The predicted octanol–water partition coefficient (Wildman–Crippen LogP) is 2.36. The van der Waals surface area contributed by atoms with Gasteiger partial charge in [0.2, 0.25) is 0 Å². The SMILES string of the molecule is Cc1ccsc1C[NH2+]CCc1ccccc1. The average Bonchev–Trinajstić information content (AvgIpc) is 2.72. The van der Waals surface area contributed by atoms with E-state index in [-0.39, 0.29) is 0 Å². The summed E-state index contributed by atoms with van der Waals surface area (Å²) < 4.78 is 0. The zero-order chi connectivity index (χ0) is 11.2. The third-order valence-corrected chi connectivity index (χ3v) is 3.82. The molecule has 2 aromatic rings. The highest BCUT2D eigenvalue weighted by atomic mass is 32.1. The molecule has 0 unspecified atom stereocenters. The summed E-state index contributed by atoms with van der Waals surface area (Å²) in [5.41, 5.74) is 2.86. The molecule has 16 heavy (non-hydrogen) atoms. The maximum atomic E-state index is 2.39. The lowest BCUT2D eigenvalue weighted by atomic mass is 10.1. The fourth-order valence-corrected chi connectivity index (χ4v) is 2.66. The molecule has 0 saturated carbocycles. The van der Waals surface area contributed by atoms with Gasteiger partial charge in [-0.05, 0) is 29.5 Å². The molecule has 1 nitrogen and oxygen atoms in total. The van der Waals surface area contributed by atoms with Crippen LogP contribution in [0, 0.1) is 6.92 Å². The summed E-state index contributed by atoms with van der Waals surface area (Å²) in [6.07, 6.45) is 1.16. The Morgan fingerprint density at radius 2 is 1.94 bits per heavy atom. The van der Waals surface area contributed by atoms with Crippen LogP contribution in [-0.2, 0) is 13.0 Å². The molecule has 1 heterocycles. The van der Waals surface area contributed by atoms with Crippen molar-refractivity contribution < 1.29 is 5.32 Å². The van der Waals surface area contributed by atoms with E-state index < -0.39 is 0 Å². The summed E-state index contributed by atoms with van der Waals surface area (Å²) >= 11 is 1.86. The van der Waals surface area contributed by atoms with Crippen molar-refractivity contribution in [3.8, 4) is 0 Å². The van der Waals surface area contributed by atoms with Crippen molar-refractivity contribution in [2.24, 2.45) is 0 Å². The van der Waals surface area contributed by atoms with E-state index in [0.717, 1.165) is 13.0 Å². The maximum absolute atomic E-state index is 2.39. The molecule has 0 aliphatic heterocycles. The van der Waals surface area contributed by atoms with Gasteiger partial charge in [0, 0.05) is 6.42 Å². The van der Waals surface area contributed by atoms with Crippen molar-refractivity contribution in [2.75, 3.05) is 6.54 Å². The van der Waals surface area contributed by atoms with Crippen LogP contribution >= 0.6 is 11.3 Å². The van der Waals surface area contributed by atoms with Crippen LogP contribution in [0.3, 0.4) is 0 Å². The van der Waals surface area contributed by atoms with E-state index in [0.29, 0.717) is 0 Å². The molecule has 0 spiro atoms. The van der Waals surface area contributed by atoms with E-state index in [1.165, 1.54) is 22.5 Å². The van der Waals surface area contributed by atoms with Gasteiger partial charge >= 0.3 is 0 Å². The Labute approximate surface area is 101 Å². The number of nitrogens with two attached hydrogens (primary N) is 1. The summed E-state index contributed by atoms with van der Waals surface area (Å²) in [6, 6.07) is 12.9. The van der Waals surface area contributed by atoms with Crippen LogP contribution in [0.15, 0.2) is 41.8 Å². The van der Waals surface area contributed by atoms with Crippen molar-refractivity contribution in [1.82, 2.24) is 0 Å². The minimum Gasteiger partial charge on any atom is -0.342 e. The molecule has 84 valence electrons. The molecule has 0 saturated heterocycles. The minimum atomic E-state index is 1.12. The second-order valence-corrected chi connectivity index (χ2v) is 5.04. The smallest absolute Gasteiger partial charge is 0.111 e. The number of hydrogen-bond donors (Lipinski definition) is 1. The first-order valence-electron chi connectivity index (χ1n) is 5.75. The molecule has 2 heteroatoms. The number of hydrogen-bond acceptors (Lipinski definition) is 1. The minimum absolute atomic E-state index is 1.12. The summed E-state index contributed by atoms with van der Waals surface area (Å²) in [4.78, 5) is 1.51. The number of rotatable bonds is 5. The first-order valence-corrected chi connectivity index (χ1v) is 6.63. The van der Waals surface area contributed by atoms with Gasteiger partial charge < -0.3 is 5.32 Å². The lowest BCUT2D eigenvalue weighted by Gasteiger charge is -2.01. The van der Waals surface area contributed by atoms with Crippen LogP contribution in [0.5, 0.6) is 0 Å². The Morgan fingerprint density at radius 3 is 2.62 bits per heavy atom. The van der Waals surface area contributed by atoms with E-state index in [9.17, 15) is 0 Å². The predicted molar refractivity (Wildman–Crippen MR) is 69.7 cm³/mol. The Balaban J connectivity index is 1.72. The standard InChI is InChI=1S/C14H17NS/c1-12-8-10-16-14(12)11-15-9-7-13-5-3-2-4-6-13/h2-6,8,10,15H,7,9,11H2,1H3/p+1. The number of aryl methyl sites for hydroxylation is 1. The van der Waals surface area contributed by atoms with E-state index in [4.69, 9.17) is 0 Å². The zero-order valence-corrected chi connectivity index (χ0v) is 10.5. The normalized spacial score (nSPS) is 10.6. The second-order valence-electron chi connectivity index (χ2n) is 4.04. The molecule has 0 fully saturated rings. The molecule has 0 radical (unpaired) electrons. The van der Waals surface area contributed by atoms with Crippen molar-refractivity contribution >= 4 is 11.3 Å². The van der Waals surface area contributed by atoms with Gasteiger partial charge in [-0.1, -0.05) is 30.3 Å². The second kappa shape index (κ2) is 5.83. The molecular weight excluding hydrogens is 214 g/mol. The van der Waals surface area contributed by atoms with E-state index >= 15 is 0 Å². The van der Waals surface area contributed by atoms with Gasteiger partial charge in [-0.25, -0.2) is 0 Å². The van der Waals surface area contributed by atoms with E-state index in [1.54, 1.807) is 0 Å². The number of benzene rings is 1. The number of thiophene rings is 1. The molecule has 2 N–H and O–H groups in total. The Bertz CT molecular complexity index is 419. The fourth-order valence-electron chi connectivity index (χ4n) is 1.76. The van der Waals surface area contributed by atoms with Crippen LogP contribution < -0.4 is 5.32 Å². The monoisotopic (exact) mass is 232 g/mol. The van der Waals surface area contributed by atoms with Gasteiger partial charge in [-0.3, -0.25) is 0 Å². The highest BCUT2D eigenvalue weighted by Crippen LogP contribution is 2.13. The van der Waals surface area contributed by atoms with Crippen LogP contribution in [0.1, 0.15) is 16.0 Å². The van der Waals surface area contributed by atoms with Crippen molar-refractivity contribution in [1.29, 1.82) is 0 Å².